The van der Waals surface area contributed by atoms with Gasteiger partial charge in [-0.15, -0.1) is 0 Å². The third-order valence-corrected chi connectivity index (χ3v) is 5.59. The highest BCUT2D eigenvalue weighted by atomic mass is 32.1. The average molecular weight is 289 g/mol. The molecule has 3 nitrogen and oxygen atoms in total. The molecule has 0 spiro atoms. The molecule has 1 aromatic heterocycles. The van der Waals surface area contributed by atoms with Gasteiger partial charge in [-0.05, 0) is 51.6 Å². The Morgan fingerprint density at radius 2 is 2.05 bits per heavy atom. The Morgan fingerprint density at radius 1 is 1.30 bits per heavy atom. The molecule has 1 aliphatic carbocycles. The van der Waals surface area contributed by atoms with Crippen LogP contribution in [0.5, 0.6) is 0 Å². The summed E-state index contributed by atoms with van der Waals surface area (Å²) in [6.45, 7) is 3.12. The van der Waals surface area contributed by atoms with Gasteiger partial charge in [0.2, 0.25) is 0 Å². The smallest absolute Gasteiger partial charge is 0.183 e. The molecule has 4 heteroatoms. The zero-order chi connectivity index (χ0) is 14.2. The molecule has 3 rings (SSSR count). The molecule has 0 radical (unpaired) electrons. The summed E-state index contributed by atoms with van der Waals surface area (Å²) >= 11 is 1.76. The molecule has 108 valence electrons. The van der Waals surface area contributed by atoms with Gasteiger partial charge in [0.1, 0.15) is 0 Å². The summed E-state index contributed by atoms with van der Waals surface area (Å²) in [5.41, 5.74) is 2.70. The monoisotopic (exact) mass is 289 g/mol. The number of nitrogens with one attached hydrogen (secondary N) is 1. The summed E-state index contributed by atoms with van der Waals surface area (Å²) in [7, 11) is 4.41. The fourth-order valence-corrected chi connectivity index (χ4v) is 4.01. The molecule has 1 heterocycles. The molecule has 1 N–H and O–H groups in total. The van der Waals surface area contributed by atoms with Crippen LogP contribution in [0, 0.1) is 6.92 Å². The van der Waals surface area contributed by atoms with Gasteiger partial charge in [0.25, 0.3) is 0 Å². The van der Waals surface area contributed by atoms with Crippen molar-refractivity contribution in [1.29, 1.82) is 0 Å². The first kappa shape index (κ1) is 13.8. The van der Waals surface area contributed by atoms with Gasteiger partial charge in [-0.25, -0.2) is 4.98 Å². The highest BCUT2D eigenvalue weighted by molar-refractivity contribution is 7.22. The van der Waals surface area contributed by atoms with Gasteiger partial charge in [0, 0.05) is 12.1 Å². The van der Waals surface area contributed by atoms with E-state index in [1.807, 2.05) is 0 Å². The van der Waals surface area contributed by atoms with Crippen LogP contribution in [0.4, 0.5) is 5.13 Å². The zero-order valence-corrected chi connectivity index (χ0v) is 13.4. The molecule has 1 aromatic carbocycles. The molecule has 0 aliphatic heterocycles. The minimum absolute atomic E-state index is 0.313. The summed E-state index contributed by atoms with van der Waals surface area (Å²) in [6.07, 6.45) is 5.27. The third kappa shape index (κ3) is 2.54. The van der Waals surface area contributed by atoms with Crippen molar-refractivity contribution >= 4 is 26.7 Å². The summed E-state index contributed by atoms with van der Waals surface area (Å²) in [5.74, 6) is 0. The molecule has 1 fully saturated rings. The summed E-state index contributed by atoms with van der Waals surface area (Å²) in [6, 6.07) is 6.49. The minimum atomic E-state index is 0.313. The maximum Gasteiger partial charge on any atom is 0.183 e. The van der Waals surface area contributed by atoms with Crippen LogP contribution in [0.25, 0.3) is 10.2 Å². The Bertz CT molecular complexity index is 597. The number of hydrogen-bond acceptors (Lipinski definition) is 4. The van der Waals surface area contributed by atoms with Crippen LogP contribution in [0.2, 0.25) is 0 Å². The highest BCUT2D eigenvalue weighted by Crippen LogP contribution is 2.35. The van der Waals surface area contributed by atoms with Gasteiger partial charge in [-0.1, -0.05) is 30.2 Å². The lowest BCUT2D eigenvalue weighted by Crippen LogP contribution is -2.47. The lowest BCUT2D eigenvalue weighted by Gasteiger charge is -2.36. The van der Waals surface area contributed by atoms with E-state index in [9.17, 15) is 0 Å². The van der Waals surface area contributed by atoms with E-state index < -0.39 is 0 Å². The van der Waals surface area contributed by atoms with Crippen LogP contribution in [0.15, 0.2) is 18.2 Å². The SMILES string of the molecule is Cc1ccc2sc(NCC3(N(C)C)CCCC3)nc2c1. The summed E-state index contributed by atoms with van der Waals surface area (Å²) in [5, 5.41) is 4.64. The van der Waals surface area contributed by atoms with Crippen molar-refractivity contribution in [2.45, 2.75) is 38.1 Å². The predicted octanol–water partition coefficient (Wildman–Crippen LogP) is 3.89. The van der Waals surface area contributed by atoms with Gasteiger partial charge >= 0.3 is 0 Å². The Balaban J connectivity index is 1.76. The van der Waals surface area contributed by atoms with Gasteiger partial charge < -0.3 is 10.2 Å². The number of likely N-dealkylation sites (N-methyl/N-ethyl adjacent to an activating group) is 1. The van der Waals surface area contributed by atoms with Gasteiger partial charge in [-0.3, -0.25) is 0 Å². The molecule has 20 heavy (non-hydrogen) atoms. The maximum atomic E-state index is 4.71. The summed E-state index contributed by atoms with van der Waals surface area (Å²) in [4.78, 5) is 7.11. The minimum Gasteiger partial charge on any atom is -0.360 e. The van der Waals surface area contributed by atoms with Gasteiger partial charge in [0.05, 0.1) is 10.2 Å². The predicted molar refractivity (Wildman–Crippen MR) is 87.7 cm³/mol. The number of aryl methyl sites for hydroxylation is 1. The molecule has 0 atom stereocenters. The van der Waals surface area contributed by atoms with E-state index in [0.717, 1.165) is 17.2 Å². The van der Waals surface area contributed by atoms with E-state index in [1.165, 1.54) is 35.9 Å². The van der Waals surface area contributed by atoms with Gasteiger partial charge in [-0.2, -0.15) is 0 Å². The molecular weight excluding hydrogens is 266 g/mol. The average Bonchev–Trinajstić information content (AvgIpc) is 3.02. The molecule has 0 amide bonds. The van der Waals surface area contributed by atoms with Gasteiger partial charge in [0.15, 0.2) is 5.13 Å². The fraction of sp³-hybridized carbons (Fsp3) is 0.562. The van der Waals surface area contributed by atoms with E-state index in [-0.39, 0.29) is 0 Å². The van der Waals surface area contributed by atoms with Crippen molar-refractivity contribution in [1.82, 2.24) is 9.88 Å². The first-order chi connectivity index (χ1) is 9.59. The molecule has 1 aliphatic rings. The quantitative estimate of drug-likeness (QED) is 0.925. The first-order valence-corrected chi connectivity index (χ1v) is 8.19. The topological polar surface area (TPSA) is 28.2 Å². The van der Waals surface area contributed by atoms with Crippen LogP contribution < -0.4 is 5.32 Å². The van der Waals surface area contributed by atoms with Crippen LogP contribution in [0.1, 0.15) is 31.2 Å². The van der Waals surface area contributed by atoms with Crippen molar-refractivity contribution in [2.75, 3.05) is 26.0 Å². The molecular formula is C16H23N3S. The van der Waals surface area contributed by atoms with Crippen LogP contribution in [-0.4, -0.2) is 36.1 Å². The molecule has 1 saturated carbocycles. The maximum absolute atomic E-state index is 4.71. The number of nitrogens with zero attached hydrogens (tertiary/aromatic N) is 2. The number of thiazole rings is 1. The van der Waals surface area contributed by atoms with Crippen molar-refractivity contribution in [3.8, 4) is 0 Å². The molecule has 0 unspecified atom stereocenters. The number of benzene rings is 1. The highest BCUT2D eigenvalue weighted by Gasteiger charge is 2.35. The van der Waals surface area contributed by atoms with Crippen molar-refractivity contribution in [3.63, 3.8) is 0 Å². The van der Waals surface area contributed by atoms with Crippen LogP contribution in [-0.2, 0) is 0 Å². The normalized spacial score (nSPS) is 18.0. The van der Waals surface area contributed by atoms with Crippen LogP contribution in [0.3, 0.4) is 0 Å². The number of rotatable bonds is 4. The van der Waals surface area contributed by atoms with Crippen molar-refractivity contribution in [2.24, 2.45) is 0 Å². The number of hydrogen-bond donors (Lipinski definition) is 1. The number of fused-ring (bicyclic) bond motifs is 1. The molecule has 2 aromatic rings. The standard InChI is InChI=1S/C16H23N3S/c1-12-6-7-14-13(10-12)18-15(20-14)17-11-16(19(2)3)8-4-5-9-16/h6-7,10H,4-5,8-9,11H2,1-3H3,(H,17,18). The summed E-state index contributed by atoms with van der Waals surface area (Å²) < 4.78 is 1.27. The molecule has 0 bridgehead atoms. The van der Waals surface area contributed by atoms with Crippen molar-refractivity contribution < 1.29 is 0 Å². The fourth-order valence-electron chi connectivity index (χ4n) is 3.17. The first-order valence-electron chi connectivity index (χ1n) is 7.38. The van der Waals surface area contributed by atoms with E-state index in [0.29, 0.717) is 5.54 Å². The Morgan fingerprint density at radius 3 is 2.75 bits per heavy atom. The number of anilines is 1. The Hall–Kier alpha value is -1.13. The Labute approximate surface area is 125 Å². The van der Waals surface area contributed by atoms with E-state index in [4.69, 9.17) is 4.98 Å². The second-order valence-corrected chi connectivity index (χ2v) is 7.20. The van der Waals surface area contributed by atoms with E-state index in [2.05, 4.69) is 49.4 Å². The van der Waals surface area contributed by atoms with E-state index >= 15 is 0 Å². The second kappa shape index (κ2) is 5.34. The largest absolute Gasteiger partial charge is 0.360 e. The number of aromatic nitrogens is 1. The van der Waals surface area contributed by atoms with Crippen molar-refractivity contribution in [3.05, 3.63) is 23.8 Å². The lowest BCUT2D eigenvalue weighted by molar-refractivity contribution is 0.172. The second-order valence-electron chi connectivity index (χ2n) is 6.17. The Kier molecular flexibility index (Phi) is 3.69. The third-order valence-electron chi connectivity index (χ3n) is 4.59. The van der Waals surface area contributed by atoms with E-state index in [1.54, 1.807) is 11.3 Å². The zero-order valence-electron chi connectivity index (χ0n) is 12.6. The lowest BCUT2D eigenvalue weighted by atomic mass is 9.96. The van der Waals surface area contributed by atoms with Crippen LogP contribution >= 0.6 is 11.3 Å². The molecule has 0 saturated heterocycles.